The normalized spacial score (nSPS) is 12.3. The topological polar surface area (TPSA) is 62.4 Å². The van der Waals surface area contributed by atoms with E-state index in [2.05, 4.69) is 26.8 Å². The predicted octanol–water partition coefficient (Wildman–Crippen LogP) is 3.20. The summed E-state index contributed by atoms with van der Waals surface area (Å²) in [5.41, 5.74) is 7.59. The van der Waals surface area contributed by atoms with Crippen molar-refractivity contribution in [1.82, 2.24) is 14.7 Å². The van der Waals surface area contributed by atoms with Gasteiger partial charge in [-0.25, -0.2) is 13.2 Å². The van der Waals surface area contributed by atoms with E-state index in [0.717, 1.165) is 42.9 Å². The third-order valence-electron chi connectivity index (χ3n) is 4.92. The van der Waals surface area contributed by atoms with E-state index in [0.29, 0.717) is 13.1 Å². The zero-order valence-corrected chi connectivity index (χ0v) is 17.8. The lowest BCUT2D eigenvalue weighted by atomic mass is 10.1. The van der Waals surface area contributed by atoms with Gasteiger partial charge in [-0.3, -0.25) is 4.68 Å². The lowest BCUT2D eigenvalue weighted by Crippen LogP contribution is -2.40. The van der Waals surface area contributed by atoms with Gasteiger partial charge in [0.2, 0.25) is 0 Å². The first-order valence-electron chi connectivity index (χ1n) is 9.90. The average molecular weight is 425 g/mol. The quantitative estimate of drug-likeness (QED) is 0.405. The summed E-state index contributed by atoms with van der Waals surface area (Å²) >= 11 is 0. The maximum Gasteiger partial charge on any atom is 0.194 e. The first-order valence-corrected chi connectivity index (χ1v) is 9.90. The molecule has 1 unspecified atom stereocenters. The summed E-state index contributed by atoms with van der Waals surface area (Å²) in [6, 6.07) is 2.09. The minimum absolute atomic E-state index is 0.150. The number of likely N-dealkylation sites (N-methyl/N-ethyl adjacent to an activating group) is 2. The first-order chi connectivity index (χ1) is 14.3. The minimum atomic E-state index is -1.48. The molecule has 6 nitrogen and oxygen atoms in total. The molecule has 9 heteroatoms. The van der Waals surface area contributed by atoms with Crippen molar-refractivity contribution < 1.29 is 13.2 Å². The Morgan fingerprint density at radius 2 is 1.90 bits per heavy atom. The van der Waals surface area contributed by atoms with E-state index >= 15 is 0 Å². The third-order valence-corrected chi connectivity index (χ3v) is 4.92. The van der Waals surface area contributed by atoms with Crippen molar-refractivity contribution in [2.75, 3.05) is 44.4 Å². The zero-order valence-electron chi connectivity index (χ0n) is 17.8. The van der Waals surface area contributed by atoms with Crippen molar-refractivity contribution in [2.24, 2.45) is 5.73 Å². The number of aromatic nitrogens is 2. The van der Waals surface area contributed by atoms with Gasteiger partial charge in [0.1, 0.15) is 0 Å². The standard InChI is InChI=1S/C21H31F3N6/c1-5-6-7-16(14-28(2)3)29(4)19-13-27-30(9-8-25)20(19)12-26-15-10-17(22)21(24)18(23)11-15/h5,10-11,13,16,26H,1,6-9,12,14,25H2,2-4H3. The van der Waals surface area contributed by atoms with Gasteiger partial charge < -0.3 is 20.9 Å². The summed E-state index contributed by atoms with van der Waals surface area (Å²) < 4.78 is 42.1. The van der Waals surface area contributed by atoms with Gasteiger partial charge in [-0.05, 0) is 26.9 Å². The van der Waals surface area contributed by atoms with E-state index in [1.807, 2.05) is 27.2 Å². The summed E-state index contributed by atoms with van der Waals surface area (Å²) in [4.78, 5) is 4.28. The second kappa shape index (κ2) is 11.0. The fraction of sp³-hybridized carbons (Fsp3) is 0.476. The van der Waals surface area contributed by atoms with Crippen molar-refractivity contribution in [3.63, 3.8) is 0 Å². The second-order valence-electron chi connectivity index (χ2n) is 7.49. The Kier molecular flexibility index (Phi) is 8.73. The highest BCUT2D eigenvalue weighted by atomic mass is 19.2. The molecule has 0 fully saturated rings. The van der Waals surface area contributed by atoms with Crippen molar-refractivity contribution in [1.29, 1.82) is 0 Å². The molecule has 3 N–H and O–H groups in total. The number of rotatable bonds is 12. The van der Waals surface area contributed by atoms with Gasteiger partial charge >= 0.3 is 0 Å². The summed E-state index contributed by atoms with van der Waals surface area (Å²) in [7, 11) is 6.04. The molecule has 0 saturated carbocycles. The highest BCUT2D eigenvalue weighted by molar-refractivity contribution is 5.53. The fourth-order valence-corrected chi connectivity index (χ4v) is 3.37. The molecule has 30 heavy (non-hydrogen) atoms. The van der Waals surface area contributed by atoms with Crippen LogP contribution in [0.2, 0.25) is 0 Å². The van der Waals surface area contributed by atoms with Crippen molar-refractivity contribution in [3.8, 4) is 0 Å². The summed E-state index contributed by atoms with van der Waals surface area (Å²) in [5, 5.41) is 7.41. The zero-order chi connectivity index (χ0) is 22.3. The molecule has 0 saturated heterocycles. The van der Waals surface area contributed by atoms with Gasteiger partial charge in [-0.15, -0.1) is 6.58 Å². The van der Waals surface area contributed by atoms with Crippen molar-refractivity contribution in [3.05, 3.63) is 54.1 Å². The second-order valence-corrected chi connectivity index (χ2v) is 7.49. The van der Waals surface area contributed by atoms with Crippen LogP contribution in [0.25, 0.3) is 0 Å². The number of hydrogen-bond acceptors (Lipinski definition) is 5. The molecule has 0 spiro atoms. The smallest absolute Gasteiger partial charge is 0.194 e. The fourth-order valence-electron chi connectivity index (χ4n) is 3.37. The third kappa shape index (κ3) is 5.99. The molecular weight excluding hydrogens is 393 g/mol. The molecule has 1 atom stereocenters. The monoisotopic (exact) mass is 424 g/mol. The maximum atomic E-state index is 13.5. The van der Waals surface area contributed by atoms with Crippen LogP contribution in [-0.4, -0.2) is 55.0 Å². The van der Waals surface area contributed by atoms with E-state index < -0.39 is 17.5 Å². The van der Waals surface area contributed by atoms with E-state index in [4.69, 9.17) is 5.73 Å². The Hall–Kier alpha value is -2.52. The molecule has 0 amide bonds. The van der Waals surface area contributed by atoms with Crippen LogP contribution >= 0.6 is 0 Å². The largest absolute Gasteiger partial charge is 0.379 e. The number of nitrogens with two attached hydrogens (primary N) is 1. The van der Waals surface area contributed by atoms with Crippen LogP contribution in [0.15, 0.2) is 31.0 Å². The van der Waals surface area contributed by atoms with Gasteiger partial charge in [0, 0.05) is 44.0 Å². The predicted molar refractivity (Wildman–Crippen MR) is 115 cm³/mol. The molecule has 1 aromatic carbocycles. The molecule has 1 aromatic heterocycles. The van der Waals surface area contributed by atoms with Crippen molar-refractivity contribution >= 4 is 11.4 Å². The van der Waals surface area contributed by atoms with E-state index in [1.54, 1.807) is 10.9 Å². The van der Waals surface area contributed by atoms with E-state index in [-0.39, 0.29) is 18.3 Å². The van der Waals surface area contributed by atoms with Crippen LogP contribution in [0.1, 0.15) is 18.5 Å². The minimum Gasteiger partial charge on any atom is -0.379 e. The Morgan fingerprint density at radius 3 is 2.47 bits per heavy atom. The molecular formula is C21H31F3N6. The van der Waals surface area contributed by atoms with Gasteiger partial charge in [0.25, 0.3) is 0 Å². The van der Waals surface area contributed by atoms with E-state index in [9.17, 15) is 13.2 Å². The number of anilines is 2. The molecule has 0 radical (unpaired) electrons. The Balaban J connectivity index is 2.29. The SMILES string of the molecule is C=CCCC(CN(C)C)N(C)c1cnn(CCN)c1CNc1cc(F)c(F)c(F)c1. The number of allylic oxidation sites excluding steroid dienone is 1. The van der Waals surface area contributed by atoms with Gasteiger partial charge in [0.05, 0.1) is 30.7 Å². The molecule has 0 aliphatic heterocycles. The van der Waals surface area contributed by atoms with Gasteiger partial charge in [-0.2, -0.15) is 5.10 Å². The molecule has 0 aliphatic carbocycles. The lowest BCUT2D eigenvalue weighted by Gasteiger charge is -2.32. The Morgan fingerprint density at radius 1 is 1.23 bits per heavy atom. The highest BCUT2D eigenvalue weighted by Gasteiger charge is 2.21. The number of nitrogens with zero attached hydrogens (tertiary/aromatic N) is 4. The molecule has 2 aromatic rings. The molecule has 2 rings (SSSR count). The maximum absolute atomic E-state index is 13.5. The number of nitrogens with one attached hydrogen (secondary N) is 1. The molecule has 0 aliphatic rings. The Labute approximate surface area is 176 Å². The molecule has 0 bridgehead atoms. The molecule has 166 valence electrons. The number of halogens is 3. The summed E-state index contributed by atoms with van der Waals surface area (Å²) in [5.74, 6) is -3.95. The lowest BCUT2D eigenvalue weighted by molar-refractivity contribution is 0.357. The van der Waals surface area contributed by atoms with Crippen LogP contribution in [-0.2, 0) is 13.1 Å². The van der Waals surface area contributed by atoms with Gasteiger partial charge in [-0.1, -0.05) is 6.08 Å². The van der Waals surface area contributed by atoms with E-state index in [1.165, 1.54) is 0 Å². The van der Waals surface area contributed by atoms with Crippen LogP contribution in [0, 0.1) is 17.5 Å². The summed E-state index contributed by atoms with van der Waals surface area (Å²) in [6.45, 7) is 5.80. The first kappa shape index (κ1) is 23.8. The summed E-state index contributed by atoms with van der Waals surface area (Å²) in [6.07, 6.45) is 5.46. The highest BCUT2D eigenvalue weighted by Crippen LogP contribution is 2.25. The van der Waals surface area contributed by atoms with Crippen LogP contribution in [0.4, 0.5) is 24.5 Å². The molecule has 1 heterocycles. The number of hydrogen-bond donors (Lipinski definition) is 2. The van der Waals surface area contributed by atoms with Crippen LogP contribution < -0.4 is 16.0 Å². The van der Waals surface area contributed by atoms with Gasteiger partial charge in [0.15, 0.2) is 17.5 Å². The number of benzene rings is 1. The van der Waals surface area contributed by atoms with Crippen LogP contribution in [0.5, 0.6) is 0 Å². The Bertz CT molecular complexity index is 813. The van der Waals surface area contributed by atoms with Crippen molar-refractivity contribution in [2.45, 2.75) is 32.0 Å². The van der Waals surface area contributed by atoms with Crippen LogP contribution in [0.3, 0.4) is 0 Å². The average Bonchev–Trinajstić information content (AvgIpc) is 3.09.